The van der Waals surface area contributed by atoms with Crippen LogP contribution in [0.3, 0.4) is 0 Å². The molecule has 274 valence electrons. The SMILES string of the molecule is C=CCC(C(=O)N(CCCCN(OCc1ccccc1)C(=O)C(CC=C)S(=O)(=O)c1ccccc1)OCc1ccccc1)S(=O)(=O)c1ccccc1. The van der Waals surface area contributed by atoms with Gasteiger partial charge in [0.25, 0.3) is 11.8 Å². The van der Waals surface area contributed by atoms with Crippen LogP contribution in [0.25, 0.3) is 0 Å². The van der Waals surface area contributed by atoms with Gasteiger partial charge in [0.1, 0.15) is 23.7 Å². The smallest absolute Gasteiger partial charge is 0.265 e. The molecule has 0 aliphatic rings. The molecular formula is C40H44N2O8S2. The third-order valence-electron chi connectivity index (χ3n) is 8.13. The summed E-state index contributed by atoms with van der Waals surface area (Å²) in [5.41, 5.74) is 1.54. The van der Waals surface area contributed by atoms with Crippen molar-refractivity contribution in [3.63, 3.8) is 0 Å². The Morgan fingerprint density at radius 2 is 0.846 bits per heavy atom. The van der Waals surface area contributed by atoms with E-state index in [4.69, 9.17) is 9.68 Å². The van der Waals surface area contributed by atoms with Crippen LogP contribution in [0.2, 0.25) is 0 Å². The van der Waals surface area contributed by atoms with E-state index in [-0.39, 0.29) is 61.8 Å². The van der Waals surface area contributed by atoms with Crippen LogP contribution in [0.5, 0.6) is 0 Å². The van der Waals surface area contributed by atoms with Crippen molar-refractivity contribution in [1.82, 2.24) is 10.1 Å². The van der Waals surface area contributed by atoms with Crippen molar-refractivity contribution >= 4 is 31.5 Å². The first-order valence-electron chi connectivity index (χ1n) is 16.9. The van der Waals surface area contributed by atoms with E-state index in [1.54, 1.807) is 36.4 Å². The summed E-state index contributed by atoms with van der Waals surface area (Å²) >= 11 is 0. The molecule has 12 heteroatoms. The lowest BCUT2D eigenvalue weighted by molar-refractivity contribution is -0.196. The zero-order valence-corrected chi connectivity index (χ0v) is 30.5. The van der Waals surface area contributed by atoms with Gasteiger partial charge in [0.15, 0.2) is 19.7 Å². The standard InChI is InChI=1S/C40H44N2O8S2/c1-3-19-37(51(45,46)35-25-13-7-14-26-35)39(43)41(49-31-33-21-9-5-10-22-33)29-17-18-30-42(50-32-34-23-11-6-12-24-34)40(44)38(20-4-2)52(47,48)36-27-15-8-16-28-36/h3-16,21-28,37-38H,1-2,17-20,29-32H2. The number of rotatable bonds is 21. The average molecular weight is 745 g/mol. The second-order valence-corrected chi connectivity index (χ2v) is 16.1. The Morgan fingerprint density at radius 3 is 1.15 bits per heavy atom. The molecule has 0 heterocycles. The number of carbonyl (C=O) groups excluding carboxylic acids is 2. The molecule has 0 saturated heterocycles. The van der Waals surface area contributed by atoms with Crippen molar-refractivity contribution < 1.29 is 36.1 Å². The fourth-order valence-electron chi connectivity index (χ4n) is 5.33. The average Bonchev–Trinajstić information content (AvgIpc) is 3.17. The number of hydrogen-bond donors (Lipinski definition) is 0. The van der Waals surface area contributed by atoms with Crippen molar-refractivity contribution in [1.29, 1.82) is 0 Å². The largest absolute Gasteiger partial charge is 0.271 e. The summed E-state index contributed by atoms with van der Waals surface area (Å²) in [5, 5.41) is -0.866. The minimum Gasteiger partial charge on any atom is -0.271 e. The van der Waals surface area contributed by atoms with Gasteiger partial charge >= 0.3 is 0 Å². The van der Waals surface area contributed by atoms with Crippen LogP contribution in [0, 0.1) is 0 Å². The highest BCUT2D eigenvalue weighted by Gasteiger charge is 2.38. The third kappa shape index (κ3) is 10.8. The van der Waals surface area contributed by atoms with E-state index in [9.17, 15) is 26.4 Å². The van der Waals surface area contributed by atoms with E-state index in [1.807, 2.05) is 60.7 Å². The van der Waals surface area contributed by atoms with Crippen molar-refractivity contribution in [2.75, 3.05) is 13.1 Å². The summed E-state index contributed by atoms with van der Waals surface area (Å²) in [6.45, 7) is 7.32. The molecule has 0 bridgehead atoms. The molecule has 0 radical (unpaired) electrons. The highest BCUT2D eigenvalue weighted by molar-refractivity contribution is 7.93. The molecule has 4 aromatic rings. The van der Waals surface area contributed by atoms with Gasteiger partial charge in [-0.25, -0.2) is 27.0 Å². The van der Waals surface area contributed by atoms with E-state index < -0.39 is 42.0 Å². The van der Waals surface area contributed by atoms with Crippen LogP contribution in [-0.2, 0) is 52.2 Å². The number of unbranched alkanes of at least 4 members (excludes halogenated alkanes) is 1. The Kier molecular flexibility index (Phi) is 15.1. The second-order valence-electron chi connectivity index (χ2n) is 11.8. The van der Waals surface area contributed by atoms with Crippen molar-refractivity contribution in [2.45, 2.75) is 59.2 Å². The van der Waals surface area contributed by atoms with E-state index in [0.29, 0.717) is 0 Å². The number of carbonyl (C=O) groups is 2. The molecule has 2 amide bonds. The minimum absolute atomic E-state index is 0.00228. The maximum atomic E-state index is 14.0. The topological polar surface area (TPSA) is 127 Å². The highest BCUT2D eigenvalue weighted by Crippen LogP contribution is 2.24. The number of allylic oxidation sites excluding steroid dienone is 2. The Balaban J connectivity index is 1.55. The third-order valence-corrected chi connectivity index (χ3v) is 12.3. The van der Waals surface area contributed by atoms with Gasteiger partial charge in [-0.1, -0.05) is 109 Å². The van der Waals surface area contributed by atoms with E-state index in [1.165, 1.54) is 36.4 Å². The van der Waals surface area contributed by atoms with E-state index in [0.717, 1.165) is 21.3 Å². The molecule has 0 spiro atoms. The molecule has 0 N–H and O–H groups in total. The van der Waals surface area contributed by atoms with Gasteiger partial charge in [-0.15, -0.1) is 13.2 Å². The lowest BCUT2D eigenvalue weighted by Crippen LogP contribution is -2.44. The predicted octanol–water partition coefficient (Wildman–Crippen LogP) is 6.52. The molecule has 0 saturated carbocycles. The summed E-state index contributed by atoms with van der Waals surface area (Å²) in [7, 11) is -8.22. The molecule has 0 fully saturated rings. The van der Waals surface area contributed by atoms with Crippen LogP contribution < -0.4 is 0 Å². The van der Waals surface area contributed by atoms with Crippen LogP contribution in [0.4, 0.5) is 0 Å². The maximum absolute atomic E-state index is 14.0. The Bertz CT molecular complexity index is 1810. The quantitative estimate of drug-likeness (QED) is 0.0536. The Morgan fingerprint density at radius 1 is 0.538 bits per heavy atom. The van der Waals surface area contributed by atoms with Crippen LogP contribution in [0.15, 0.2) is 156 Å². The Hall–Kier alpha value is -4.88. The van der Waals surface area contributed by atoms with Crippen LogP contribution >= 0.6 is 0 Å². The first-order valence-corrected chi connectivity index (χ1v) is 19.9. The minimum atomic E-state index is -4.11. The summed E-state index contributed by atoms with van der Waals surface area (Å²) in [6, 6.07) is 33.7. The summed E-state index contributed by atoms with van der Waals surface area (Å²) in [5.74, 6) is -1.51. The zero-order chi connectivity index (χ0) is 37.4. The van der Waals surface area contributed by atoms with E-state index in [2.05, 4.69) is 13.2 Å². The molecule has 0 aliphatic carbocycles. The fraction of sp³-hybridized carbons (Fsp3) is 0.250. The number of hydrogen-bond acceptors (Lipinski definition) is 8. The molecule has 2 unspecified atom stereocenters. The summed E-state index contributed by atoms with van der Waals surface area (Å²) < 4.78 is 54.6. The van der Waals surface area contributed by atoms with Gasteiger partial charge in [-0.3, -0.25) is 19.3 Å². The molecule has 4 aromatic carbocycles. The highest BCUT2D eigenvalue weighted by atomic mass is 32.2. The predicted molar refractivity (Wildman–Crippen MR) is 200 cm³/mol. The normalized spacial score (nSPS) is 12.7. The van der Waals surface area contributed by atoms with Gasteiger partial charge in [-0.2, -0.15) is 0 Å². The molecule has 10 nitrogen and oxygen atoms in total. The number of hydroxylamine groups is 4. The van der Waals surface area contributed by atoms with Crippen LogP contribution in [0.1, 0.15) is 36.8 Å². The molecular weight excluding hydrogens is 701 g/mol. The van der Waals surface area contributed by atoms with Crippen LogP contribution in [-0.4, -0.2) is 62.4 Å². The number of benzene rings is 4. The fourth-order valence-corrected chi connectivity index (χ4v) is 8.61. The molecule has 4 rings (SSSR count). The maximum Gasteiger partial charge on any atom is 0.265 e. The van der Waals surface area contributed by atoms with Crippen molar-refractivity contribution in [2.24, 2.45) is 0 Å². The summed E-state index contributed by atoms with van der Waals surface area (Å²) in [6.07, 6.45) is 2.99. The summed E-state index contributed by atoms with van der Waals surface area (Å²) in [4.78, 5) is 39.9. The second kappa shape index (κ2) is 19.7. The zero-order valence-electron chi connectivity index (χ0n) is 28.9. The number of nitrogens with zero attached hydrogens (tertiary/aromatic N) is 2. The first kappa shape index (κ1) is 39.9. The molecule has 52 heavy (non-hydrogen) atoms. The van der Waals surface area contributed by atoms with Gasteiger partial charge in [-0.05, 0) is 61.1 Å². The van der Waals surface area contributed by atoms with Gasteiger partial charge in [0.2, 0.25) is 0 Å². The molecule has 2 atom stereocenters. The first-order chi connectivity index (χ1) is 25.1. The number of amides is 2. The van der Waals surface area contributed by atoms with Crippen molar-refractivity contribution in [3.8, 4) is 0 Å². The lowest BCUT2D eigenvalue weighted by Gasteiger charge is -2.28. The van der Waals surface area contributed by atoms with Gasteiger partial charge in [0.05, 0.1) is 9.79 Å². The molecule has 0 aromatic heterocycles. The monoisotopic (exact) mass is 744 g/mol. The van der Waals surface area contributed by atoms with E-state index >= 15 is 0 Å². The van der Waals surface area contributed by atoms with Gasteiger partial charge < -0.3 is 0 Å². The Labute approximate surface area is 306 Å². The van der Waals surface area contributed by atoms with Crippen molar-refractivity contribution in [3.05, 3.63) is 158 Å². The molecule has 0 aliphatic heterocycles. The lowest BCUT2D eigenvalue weighted by atomic mass is 10.2. The van der Waals surface area contributed by atoms with Gasteiger partial charge in [0, 0.05) is 13.1 Å². The number of sulfone groups is 2.